The molecule has 84 valence electrons. The van der Waals surface area contributed by atoms with Crippen molar-refractivity contribution in [3.8, 4) is 0 Å². The highest BCUT2D eigenvalue weighted by Gasteiger charge is 2.25. The lowest BCUT2D eigenvalue weighted by atomic mass is 10.1. The van der Waals surface area contributed by atoms with Crippen LogP contribution in [-0.2, 0) is 4.74 Å². The zero-order valence-corrected chi connectivity index (χ0v) is 9.92. The van der Waals surface area contributed by atoms with Gasteiger partial charge in [0.15, 0.2) is 0 Å². The van der Waals surface area contributed by atoms with E-state index in [0.717, 1.165) is 19.7 Å². The van der Waals surface area contributed by atoms with Crippen LogP contribution in [0.2, 0.25) is 0 Å². The van der Waals surface area contributed by atoms with E-state index in [9.17, 15) is 0 Å². The topological polar surface area (TPSA) is 24.5 Å². The molecule has 0 saturated carbocycles. The SMILES string of the molecule is CCC(COC)N1CC(C)NC(C)C1. The van der Waals surface area contributed by atoms with Gasteiger partial charge in [0.05, 0.1) is 6.61 Å². The van der Waals surface area contributed by atoms with Crippen LogP contribution in [0.15, 0.2) is 0 Å². The van der Waals surface area contributed by atoms with Crippen LogP contribution in [0, 0.1) is 0 Å². The maximum atomic E-state index is 5.26. The third kappa shape index (κ3) is 3.23. The normalized spacial score (nSPS) is 31.7. The van der Waals surface area contributed by atoms with Crippen molar-refractivity contribution in [3.05, 3.63) is 0 Å². The van der Waals surface area contributed by atoms with E-state index in [-0.39, 0.29) is 0 Å². The Hall–Kier alpha value is -0.120. The van der Waals surface area contributed by atoms with Crippen molar-refractivity contribution in [1.82, 2.24) is 10.2 Å². The van der Waals surface area contributed by atoms with Crippen molar-refractivity contribution >= 4 is 0 Å². The standard InChI is InChI=1S/C11H24N2O/c1-5-11(8-14-4)13-6-9(2)12-10(3)7-13/h9-12H,5-8H2,1-4H3. The van der Waals surface area contributed by atoms with Gasteiger partial charge in [-0.15, -0.1) is 0 Å². The van der Waals surface area contributed by atoms with Gasteiger partial charge in [0.2, 0.25) is 0 Å². The van der Waals surface area contributed by atoms with Crippen LogP contribution < -0.4 is 5.32 Å². The summed E-state index contributed by atoms with van der Waals surface area (Å²) in [6.07, 6.45) is 1.17. The second-order valence-corrected chi connectivity index (χ2v) is 4.44. The summed E-state index contributed by atoms with van der Waals surface area (Å²) in [6, 6.07) is 1.79. The van der Waals surface area contributed by atoms with Crippen LogP contribution in [0.4, 0.5) is 0 Å². The lowest BCUT2D eigenvalue weighted by Crippen LogP contribution is -2.57. The number of nitrogens with one attached hydrogen (secondary N) is 1. The molecular formula is C11H24N2O. The second kappa shape index (κ2) is 5.69. The van der Waals surface area contributed by atoms with Crippen molar-refractivity contribution < 1.29 is 4.74 Å². The summed E-state index contributed by atoms with van der Waals surface area (Å²) in [6.45, 7) is 9.89. The van der Waals surface area contributed by atoms with Gasteiger partial charge in [0.25, 0.3) is 0 Å². The van der Waals surface area contributed by atoms with Crippen LogP contribution >= 0.6 is 0 Å². The highest BCUT2D eigenvalue weighted by atomic mass is 16.5. The number of piperazine rings is 1. The van der Waals surface area contributed by atoms with Gasteiger partial charge in [-0.1, -0.05) is 6.92 Å². The Labute approximate surface area is 87.8 Å². The van der Waals surface area contributed by atoms with Crippen molar-refractivity contribution in [3.63, 3.8) is 0 Å². The van der Waals surface area contributed by atoms with Gasteiger partial charge >= 0.3 is 0 Å². The first-order valence-corrected chi connectivity index (χ1v) is 5.66. The Balaban J connectivity index is 2.47. The fourth-order valence-corrected chi connectivity index (χ4v) is 2.34. The summed E-state index contributed by atoms with van der Waals surface area (Å²) < 4.78 is 5.26. The van der Waals surface area contributed by atoms with Crippen LogP contribution in [0.3, 0.4) is 0 Å². The predicted molar refractivity (Wildman–Crippen MR) is 59.6 cm³/mol. The molecule has 1 aliphatic rings. The third-order valence-corrected chi connectivity index (χ3v) is 2.93. The summed E-state index contributed by atoms with van der Waals surface area (Å²) in [5, 5.41) is 3.55. The molecule has 1 saturated heterocycles. The molecule has 3 unspecified atom stereocenters. The van der Waals surface area contributed by atoms with E-state index < -0.39 is 0 Å². The molecule has 1 fully saturated rings. The van der Waals surface area contributed by atoms with Gasteiger partial charge in [-0.25, -0.2) is 0 Å². The van der Waals surface area contributed by atoms with Gasteiger partial charge in [-0.2, -0.15) is 0 Å². The molecule has 0 aliphatic carbocycles. The van der Waals surface area contributed by atoms with Crippen molar-refractivity contribution in [2.45, 2.75) is 45.3 Å². The molecule has 1 N–H and O–H groups in total. The van der Waals surface area contributed by atoms with Crippen molar-refractivity contribution in [2.75, 3.05) is 26.8 Å². The van der Waals surface area contributed by atoms with E-state index in [1.807, 2.05) is 0 Å². The molecule has 3 nitrogen and oxygen atoms in total. The van der Waals surface area contributed by atoms with Crippen LogP contribution in [-0.4, -0.2) is 49.8 Å². The molecule has 0 radical (unpaired) electrons. The molecule has 1 aliphatic heterocycles. The molecule has 0 aromatic heterocycles. The van der Waals surface area contributed by atoms with Crippen LogP contribution in [0.25, 0.3) is 0 Å². The lowest BCUT2D eigenvalue weighted by molar-refractivity contribution is 0.0579. The summed E-state index contributed by atoms with van der Waals surface area (Å²) >= 11 is 0. The van der Waals surface area contributed by atoms with E-state index in [4.69, 9.17) is 4.74 Å². The number of rotatable bonds is 4. The predicted octanol–water partition coefficient (Wildman–Crippen LogP) is 1.09. The average Bonchev–Trinajstić information content (AvgIpc) is 2.12. The first-order chi connectivity index (χ1) is 6.67. The summed E-state index contributed by atoms with van der Waals surface area (Å²) in [5.41, 5.74) is 0. The summed E-state index contributed by atoms with van der Waals surface area (Å²) in [7, 11) is 1.79. The molecule has 3 atom stereocenters. The Morgan fingerprint density at radius 1 is 1.36 bits per heavy atom. The van der Waals surface area contributed by atoms with Gasteiger partial charge in [0.1, 0.15) is 0 Å². The fourth-order valence-electron chi connectivity index (χ4n) is 2.34. The van der Waals surface area contributed by atoms with E-state index in [0.29, 0.717) is 18.1 Å². The van der Waals surface area contributed by atoms with Crippen LogP contribution in [0.5, 0.6) is 0 Å². The molecule has 1 rings (SSSR count). The molecule has 1 heterocycles. The van der Waals surface area contributed by atoms with Gasteiger partial charge in [-0.05, 0) is 20.3 Å². The minimum absolute atomic E-state index is 0.590. The first kappa shape index (κ1) is 12.0. The van der Waals surface area contributed by atoms with Crippen molar-refractivity contribution in [1.29, 1.82) is 0 Å². The number of ether oxygens (including phenoxy) is 1. The Morgan fingerprint density at radius 3 is 2.36 bits per heavy atom. The lowest BCUT2D eigenvalue weighted by Gasteiger charge is -2.40. The highest BCUT2D eigenvalue weighted by molar-refractivity contribution is 4.84. The van der Waals surface area contributed by atoms with E-state index >= 15 is 0 Å². The van der Waals surface area contributed by atoms with Gasteiger partial charge in [0, 0.05) is 38.3 Å². The molecule has 14 heavy (non-hydrogen) atoms. The van der Waals surface area contributed by atoms with E-state index in [1.54, 1.807) is 7.11 Å². The smallest absolute Gasteiger partial charge is 0.0617 e. The molecule has 0 aromatic rings. The Bertz CT molecular complexity index is 153. The van der Waals surface area contributed by atoms with E-state index in [1.165, 1.54) is 6.42 Å². The average molecular weight is 200 g/mol. The number of hydrogen-bond acceptors (Lipinski definition) is 3. The minimum Gasteiger partial charge on any atom is -0.383 e. The molecule has 0 bridgehead atoms. The maximum Gasteiger partial charge on any atom is 0.0617 e. The van der Waals surface area contributed by atoms with Gasteiger partial charge < -0.3 is 10.1 Å². The summed E-state index contributed by atoms with van der Waals surface area (Å²) in [4.78, 5) is 2.55. The second-order valence-electron chi connectivity index (χ2n) is 4.44. The van der Waals surface area contributed by atoms with Crippen LogP contribution in [0.1, 0.15) is 27.2 Å². The number of hydrogen-bond donors (Lipinski definition) is 1. The maximum absolute atomic E-state index is 5.26. The number of methoxy groups -OCH3 is 1. The quantitative estimate of drug-likeness (QED) is 0.735. The fraction of sp³-hybridized carbons (Fsp3) is 1.00. The molecular weight excluding hydrogens is 176 g/mol. The third-order valence-electron chi connectivity index (χ3n) is 2.93. The zero-order chi connectivity index (χ0) is 10.6. The highest BCUT2D eigenvalue weighted by Crippen LogP contribution is 2.11. The Morgan fingerprint density at radius 2 is 1.93 bits per heavy atom. The number of nitrogens with zero attached hydrogens (tertiary/aromatic N) is 1. The monoisotopic (exact) mass is 200 g/mol. The molecule has 3 heteroatoms. The zero-order valence-electron chi connectivity index (χ0n) is 9.92. The van der Waals surface area contributed by atoms with E-state index in [2.05, 4.69) is 31.0 Å². The van der Waals surface area contributed by atoms with Crippen molar-refractivity contribution in [2.24, 2.45) is 0 Å². The Kier molecular flexibility index (Phi) is 4.85. The largest absolute Gasteiger partial charge is 0.383 e. The molecule has 0 aromatic carbocycles. The summed E-state index contributed by atoms with van der Waals surface area (Å²) in [5.74, 6) is 0. The van der Waals surface area contributed by atoms with Gasteiger partial charge in [-0.3, -0.25) is 4.90 Å². The molecule has 0 amide bonds. The molecule has 0 spiro atoms. The first-order valence-electron chi connectivity index (χ1n) is 5.66. The minimum atomic E-state index is 0.590.